The third-order valence-corrected chi connectivity index (χ3v) is 4.71. The molecular formula is C18H26N2O. The van der Waals surface area contributed by atoms with Crippen LogP contribution in [0.15, 0.2) is 28.7 Å². The average Bonchev–Trinajstić information content (AvgIpc) is 2.76. The number of hydrogen-bond donors (Lipinski definition) is 1. The Morgan fingerprint density at radius 2 is 1.90 bits per heavy atom. The highest BCUT2D eigenvalue weighted by atomic mass is 16.3. The molecule has 1 aromatic heterocycles. The maximum absolute atomic E-state index is 6.16. The number of para-hydroxylation sites is 1. The predicted octanol–water partition coefficient (Wildman–Crippen LogP) is 3.72. The maximum atomic E-state index is 6.16. The van der Waals surface area contributed by atoms with E-state index >= 15 is 0 Å². The van der Waals surface area contributed by atoms with Crippen molar-refractivity contribution in [3.05, 3.63) is 35.6 Å². The summed E-state index contributed by atoms with van der Waals surface area (Å²) < 4.78 is 5.94. The molecule has 1 aliphatic heterocycles. The molecular weight excluding hydrogens is 260 g/mol. The Morgan fingerprint density at radius 3 is 2.57 bits per heavy atom. The Kier molecular flexibility index (Phi) is 4.05. The van der Waals surface area contributed by atoms with Crippen molar-refractivity contribution in [3.8, 4) is 0 Å². The summed E-state index contributed by atoms with van der Waals surface area (Å²) in [4.78, 5) is 2.56. The van der Waals surface area contributed by atoms with Crippen LogP contribution in [0.25, 0.3) is 11.0 Å². The smallest absolute Gasteiger partial charge is 0.134 e. The number of rotatable bonds is 3. The highest BCUT2D eigenvalue weighted by molar-refractivity contribution is 5.82. The van der Waals surface area contributed by atoms with E-state index in [-0.39, 0.29) is 6.04 Å². The van der Waals surface area contributed by atoms with Gasteiger partial charge in [-0.15, -0.1) is 0 Å². The molecule has 114 valence electrons. The van der Waals surface area contributed by atoms with Gasteiger partial charge in [-0.1, -0.05) is 32.0 Å². The molecule has 0 saturated carbocycles. The fraction of sp³-hybridized carbons (Fsp3) is 0.556. The third-order valence-electron chi connectivity index (χ3n) is 4.71. The molecule has 2 N–H and O–H groups in total. The minimum Gasteiger partial charge on any atom is -0.461 e. The molecule has 1 saturated heterocycles. The standard InChI is InChI=1S/C18H26N2O/c1-12-8-13(2)11-20(10-12)16(9-19)18-14(3)21-17-7-5-4-6-15(17)18/h4-7,12-13,16H,8-11,19H2,1-3H3. The molecule has 2 heterocycles. The quantitative estimate of drug-likeness (QED) is 0.935. The molecule has 21 heavy (non-hydrogen) atoms. The minimum atomic E-state index is 0.263. The van der Waals surface area contributed by atoms with E-state index in [1.165, 1.54) is 17.4 Å². The van der Waals surface area contributed by atoms with Gasteiger partial charge in [0.05, 0.1) is 6.04 Å². The van der Waals surface area contributed by atoms with Crippen molar-refractivity contribution in [1.29, 1.82) is 0 Å². The molecule has 3 unspecified atom stereocenters. The zero-order valence-electron chi connectivity index (χ0n) is 13.3. The van der Waals surface area contributed by atoms with E-state index in [9.17, 15) is 0 Å². The first-order chi connectivity index (χ1) is 10.1. The van der Waals surface area contributed by atoms with Gasteiger partial charge in [0.15, 0.2) is 0 Å². The monoisotopic (exact) mass is 286 g/mol. The fourth-order valence-corrected chi connectivity index (χ4v) is 4.02. The first-order valence-electron chi connectivity index (χ1n) is 8.02. The summed E-state index contributed by atoms with van der Waals surface area (Å²) in [7, 11) is 0. The number of nitrogens with zero attached hydrogens (tertiary/aromatic N) is 1. The average molecular weight is 286 g/mol. The van der Waals surface area contributed by atoms with Crippen LogP contribution in [0.4, 0.5) is 0 Å². The second-order valence-electron chi connectivity index (χ2n) is 6.72. The van der Waals surface area contributed by atoms with E-state index in [1.54, 1.807) is 0 Å². The molecule has 3 heteroatoms. The SMILES string of the molecule is Cc1oc2ccccc2c1C(CN)N1CC(C)CC(C)C1. The third kappa shape index (κ3) is 2.72. The van der Waals surface area contributed by atoms with Crippen LogP contribution in [-0.4, -0.2) is 24.5 Å². The topological polar surface area (TPSA) is 42.4 Å². The number of fused-ring (bicyclic) bond motifs is 1. The van der Waals surface area contributed by atoms with Crippen molar-refractivity contribution >= 4 is 11.0 Å². The van der Waals surface area contributed by atoms with E-state index in [4.69, 9.17) is 10.2 Å². The summed E-state index contributed by atoms with van der Waals surface area (Å²) in [5, 5.41) is 1.22. The molecule has 3 atom stereocenters. The molecule has 3 nitrogen and oxygen atoms in total. The van der Waals surface area contributed by atoms with Gasteiger partial charge in [-0.2, -0.15) is 0 Å². The van der Waals surface area contributed by atoms with Gasteiger partial charge >= 0.3 is 0 Å². The van der Waals surface area contributed by atoms with E-state index in [0.717, 1.165) is 36.3 Å². The van der Waals surface area contributed by atoms with E-state index in [0.29, 0.717) is 6.54 Å². The van der Waals surface area contributed by atoms with Crippen molar-refractivity contribution in [3.63, 3.8) is 0 Å². The molecule has 1 aromatic carbocycles. The van der Waals surface area contributed by atoms with Crippen LogP contribution in [0, 0.1) is 18.8 Å². The molecule has 0 aliphatic carbocycles. The van der Waals surface area contributed by atoms with Gasteiger partial charge in [-0.3, -0.25) is 4.90 Å². The van der Waals surface area contributed by atoms with Gasteiger partial charge in [0, 0.05) is 30.6 Å². The lowest BCUT2D eigenvalue weighted by Gasteiger charge is -2.39. The zero-order chi connectivity index (χ0) is 15.0. The Balaban J connectivity index is 2.00. The van der Waals surface area contributed by atoms with Crippen LogP contribution in [0.3, 0.4) is 0 Å². The van der Waals surface area contributed by atoms with Crippen LogP contribution < -0.4 is 5.73 Å². The van der Waals surface area contributed by atoms with Gasteiger partial charge in [-0.25, -0.2) is 0 Å². The Morgan fingerprint density at radius 1 is 1.24 bits per heavy atom. The van der Waals surface area contributed by atoms with Crippen molar-refractivity contribution in [2.24, 2.45) is 17.6 Å². The summed E-state index contributed by atoms with van der Waals surface area (Å²) in [5.74, 6) is 2.49. The number of benzene rings is 1. The molecule has 2 aromatic rings. The van der Waals surface area contributed by atoms with Crippen LogP contribution in [-0.2, 0) is 0 Å². The van der Waals surface area contributed by atoms with Gasteiger partial charge in [0.1, 0.15) is 11.3 Å². The molecule has 3 rings (SSSR count). The van der Waals surface area contributed by atoms with Crippen LogP contribution in [0.2, 0.25) is 0 Å². The number of furan rings is 1. The van der Waals surface area contributed by atoms with Gasteiger partial charge in [-0.05, 0) is 31.2 Å². The second kappa shape index (κ2) is 5.82. The number of hydrogen-bond acceptors (Lipinski definition) is 3. The Hall–Kier alpha value is -1.32. The summed E-state index contributed by atoms with van der Waals surface area (Å²) in [6, 6.07) is 8.56. The van der Waals surface area contributed by atoms with Crippen molar-refractivity contribution < 1.29 is 4.42 Å². The first-order valence-corrected chi connectivity index (χ1v) is 8.02. The maximum Gasteiger partial charge on any atom is 0.134 e. The molecule has 0 radical (unpaired) electrons. The van der Waals surface area contributed by atoms with Crippen LogP contribution in [0.1, 0.15) is 37.6 Å². The molecule has 0 bridgehead atoms. The van der Waals surface area contributed by atoms with Crippen molar-refractivity contribution in [2.75, 3.05) is 19.6 Å². The van der Waals surface area contributed by atoms with Gasteiger partial charge < -0.3 is 10.2 Å². The minimum absolute atomic E-state index is 0.263. The normalized spacial score (nSPS) is 25.3. The van der Waals surface area contributed by atoms with E-state index in [1.807, 2.05) is 12.1 Å². The van der Waals surface area contributed by atoms with E-state index in [2.05, 4.69) is 37.8 Å². The number of piperidine rings is 1. The Bertz CT molecular complexity index is 609. The number of aryl methyl sites for hydroxylation is 1. The van der Waals surface area contributed by atoms with Gasteiger partial charge in [0.2, 0.25) is 0 Å². The first kappa shape index (κ1) is 14.6. The summed E-state index contributed by atoms with van der Waals surface area (Å²) in [6.45, 7) is 9.65. The Labute approximate surface area is 127 Å². The lowest BCUT2D eigenvalue weighted by Crippen LogP contribution is -2.43. The summed E-state index contributed by atoms with van der Waals surface area (Å²) in [6.07, 6.45) is 1.32. The molecule has 1 fully saturated rings. The molecule has 0 spiro atoms. The largest absolute Gasteiger partial charge is 0.461 e. The second-order valence-corrected chi connectivity index (χ2v) is 6.72. The lowest BCUT2D eigenvalue weighted by molar-refractivity contribution is 0.0982. The van der Waals surface area contributed by atoms with Crippen LogP contribution >= 0.6 is 0 Å². The summed E-state index contributed by atoms with van der Waals surface area (Å²) >= 11 is 0. The van der Waals surface area contributed by atoms with Crippen molar-refractivity contribution in [1.82, 2.24) is 4.90 Å². The zero-order valence-corrected chi connectivity index (χ0v) is 13.3. The van der Waals surface area contributed by atoms with E-state index < -0.39 is 0 Å². The predicted molar refractivity (Wildman–Crippen MR) is 87.3 cm³/mol. The van der Waals surface area contributed by atoms with Crippen molar-refractivity contribution in [2.45, 2.75) is 33.2 Å². The van der Waals surface area contributed by atoms with Crippen LogP contribution in [0.5, 0.6) is 0 Å². The highest BCUT2D eigenvalue weighted by Crippen LogP contribution is 2.35. The number of likely N-dealkylation sites (tertiary alicyclic amines) is 1. The highest BCUT2D eigenvalue weighted by Gasteiger charge is 2.30. The number of nitrogens with two attached hydrogens (primary N) is 1. The fourth-order valence-electron chi connectivity index (χ4n) is 4.02. The molecule has 1 aliphatic rings. The molecule has 0 amide bonds. The van der Waals surface area contributed by atoms with Gasteiger partial charge in [0.25, 0.3) is 0 Å². The summed E-state index contributed by atoms with van der Waals surface area (Å²) in [5.41, 5.74) is 8.42. The lowest BCUT2D eigenvalue weighted by atomic mass is 9.89.